The van der Waals surface area contributed by atoms with Crippen molar-refractivity contribution in [2.45, 2.75) is 73.6 Å². The molecule has 0 N–H and O–H groups in total. The topological polar surface area (TPSA) is 36.9 Å². The van der Waals surface area contributed by atoms with Crippen molar-refractivity contribution >= 4 is 0 Å². The molecule has 43 heavy (non-hydrogen) atoms. The van der Waals surface area contributed by atoms with Crippen LogP contribution in [-0.2, 0) is 32.1 Å². The van der Waals surface area contributed by atoms with Crippen molar-refractivity contribution in [3.05, 3.63) is 115 Å². The molecule has 4 nitrogen and oxygen atoms in total. The molecule has 0 spiro atoms. The maximum atomic E-state index is 5.99. The maximum Gasteiger partial charge on any atom is 0.125 e. The smallest absolute Gasteiger partial charge is 0.125 e. The molecule has 228 valence electrons. The molecule has 0 unspecified atom stereocenters. The molecule has 4 aromatic rings. The summed E-state index contributed by atoms with van der Waals surface area (Å²) in [5, 5.41) is 0. The van der Waals surface area contributed by atoms with Crippen molar-refractivity contribution in [2.75, 3.05) is 28.4 Å². The van der Waals surface area contributed by atoms with E-state index in [0.717, 1.165) is 66.2 Å². The van der Waals surface area contributed by atoms with Crippen LogP contribution in [0.3, 0.4) is 0 Å². The Balaban J connectivity index is 1.81. The Morgan fingerprint density at radius 1 is 0.465 bits per heavy atom. The van der Waals surface area contributed by atoms with E-state index >= 15 is 0 Å². The van der Waals surface area contributed by atoms with Crippen LogP contribution in [0.15, 0.2) is 48.5 Å². The highest BCUT2D eigenvalue weighted by atomic mass is 16.5. The Labute approximate surface area is 259 Å². The normalized spacial score (nSPS) is 11.0. The zero-order valence-electron chi connectivity index (χ0n) is 27.8. The van der Waals surface area contributed by atoms with Crippen LogP contribution in [0, 0.1) is 27.7 Å². The van der Waals surface area contributed by atoms with E-state index in [1.54, 1.807) is 28.4 Å². The van der Waals surface area contributed by atoms with E-state index in [4.69, 9.17) is 18.9 Å². The van der Waals surface area contributed by atoms with Crippen LogP contribution in [0.5, 0.6) is 23.0 Å². The molecule has 0 aliphatic rings. The molecule has 0 aliphatic carbocycles. The van der Waals surface area contributed by atoms with Gasteiger partial charge in [0.25, 0.3) is 0 Å². The van der Waals surface area contributed by atoms with Crippen LogP contribution in [0.2, 0.25) is 0 Å². The average molecular weight is 581 g/mol. The van der Waals surface area contributed by atoms with Gasteiger partial charge in [-0.3, -0.25) is 0 Å². The highest BCUT2D eigenvalue weighted by molar-refractivity contribution is 5.57. The Morgan fingerprint density at radius 2 is 0.860 bits per heavy atom. The quantitative estimate of drug-likeness (QED) is 0.168. The van der Waals surface area contributed by atoms with Gasteiger partial charge in [0, 0.05) is 24.0 Å². The lowest BCUT2D eigenvalue weighted by atomic mass is 9.86. The second-order valence-corrected chi connectivity index (χ2v) is 11.5. The molecule has 0 bridgehead atoms. The Morgan fingerprint density at radius 3 is 1.19 bits per heavy atom. The zero-order chi connectivity index (χ0) is 31.3. The number of hydrogen-bond donors (Lipinski definition) is 0. The molecule has 0 radical (unpaired) electrons. The summed E-state index contributed by atoms with van der Waals surface area (Å²) in [4.78, 5) is 0. The van der Waals surface area contributed by atoms with Crippen molar-refractivity contribution in [1.82, 2.24) is 0 Å². The number of benzene rings is 4. The first-order valence-corrected chi connectivity index (χ1v) is 15.3. The van der Waals surface area contributed by atoms with Crippen LogP contribution in [0.4, 0.5) is 0 Å². The van der Waals surface area contributed by atoms with Gasteiger partial charge in [0.15, 0.2) is 0 Å². The third-order valence-corrected chi connectivity index (χ3v) is 8.94. The van der Waals surface area contributed by atoms with Crippen molar-refractivity contribution in [1.29, 1.82) is 0 Å². The first-order valence-electron chi connectivity index (χ1n) is 15.3. The molecular weight excluding hydrogens is 532 g/mol. The van der Waals surface area contributed by atoms with Crippen LogP contribution in [0.25, 0.3) is 0 Å². The van der Waals surface area contributed by atoms with E-state index < -0.39 is 0 Å². The van der Waals surface area contributed by atoms with Gasteiger partial charge in [0.05, 0.1) is 28.4 Å². The van der Waals surface area contributed by atoms with Gasteiger partial charge in [-0.1, -0.05) is 50.2 Å². The first kappa shape index (κ1) is 32.0. The van der Waals surface area contributed by atoms with Crippen LogP contribution in [-0.4, -0.2) is 28.4 Å². The summed E-state index contributed by atoms with van der Waals surface area (Å²) < 4.78 is 23.5. The summed E-state index contributed by atoms with van der Waals surface area (Å²) in [5.41, 5.74) is 14.8. The molecule has 0 aliphatic heterocycles. The van der Waals surface area contributed by atoms with Gasteiger partial charge in [0.2, 0.25) is 0 Å². The predicted octanol–water partition coefficient (Wildman–Crippen LogP) is 8.85. The third kappa shape index (κ3) is 6.69. The second kappa shape index (κ2) is 14.0. The van der Waals surface area contributed by atoms with Crippen molar-refractivity contribution in [2.24, 2.45) is 0 Å². The van der Waals surface area contributed by atoms with Crippen LogP contribution < -0.4 is 18.9 Å². The minimum absolute atomic E-state index is 0.750. The number of ether oxygens (including phenoxy) is 4. The zero-order valence-corrected chi connectivity index (χ0v) is 27.8. The number of hydrogen-bond acceptors (Lipinski definition) is 4. The summed E-state index contributed by atoms with van der Waals surface area (Å²) in [5.74, 6) is 3.74. The molecule has 4 rings (SSSR count). The minimum Gasteiger partial charge on any atom is -0.496 e. The van der Waals surface area contributed by atoms with E-state index in [1.165, 1.54) is 55.6 Å². The largest absolute Gasteiger partial charge is 0.496 e. The van der Waals surface area contributed by atoms with Gasteiger partial charge in [-0.15, -0.1) is 0 Å². The molecule has 0 amide bonds. The Bertz CT molecular complexity index is 1480. The molecule has 4 aromatic carbocycles. The van der Waals surface area contributed by atoms with E-state index in [-0.39, 0.29) is 0 Å². The van der Waals surface area contributed by atoms with Gasteiger partial charge in [-0.25, -0.2) is 0 Å². The highest BCUT2D eigenvalue weighted by Crippen LogP contribution is 2.38. The number of methoxy groups -OCH3 is 4. The molecule has 0 heterocycles. The van der Waals surface area contributed by atoms with Gasteiger partial charge in [-0.2, -0.15) is 0 Å². The fourth-order valence-corrected chi connectivity index (χ4v) is 6.40. The fourth-order valence-electron chi connectivity index (χ4n) is 6.40. The van der Waals surface area contributed by atoms with E-state index in [1.807, 2.05) is 0 Å². The summed E-state index contributed by atoms with van der Waals surface area (Å²) in [6.07, 6.45) is 4.30. The molecule has 0 atom stereocenters. The predicted molar refractivity (Wildman–Crippen MR) is 178 cm³/mol. The number of aryl methyl sites for hydroxylation is 4. The third-order valence-electron chi connectivity index (χ3n) is 8.94. The summed E-state index contributed by atoms with van der Waals surface area (Å²) in [6.45, 7) is 13.1. The van der Waals surface area contributed by atoms with Crippen molar-refractivity contribution < 1.29 is 18.9 Å². The molecule has 0 saturated carbocycles. The molecule has 0 saturated heterocycles. The van der Waals surface area contributed by atoms with Crippen LogP contribution >= 0.6 is 0 Å². The molecule has 0 fully saturated rings. The fraction of sp³-hybridized carbons (Fsp3) is 0.385. The van der Waals surface area contributed by atoms with Crippen molar-refractivity contribution in [3.63, 3.8) is 0 Å². The molecule has 4 heteroatoms. The first-order chi connectivity index (χ1) is 20.7. The average Bonchev–Trinajstić information content (AvgIpc) is 3.01. The number of rotatable bonds is 12. The van der Waals surface area contributed by atoms with E-state index in [0.29, 0.717) is 0 Å². The SMILES string of the molecule is CCc1ccc(OC)c(Cc2c(C)c(Cc3cc(C)c(OC)c(Cc4cc(CC)ccc4OC)c3C)cc(C)c2OC)c1. The van der Waals surface area contributed by atoms with Crippen LogP contribution in [0.1, 0.15) is 80.6 Å². The lowest BCUT2D eigenvalue weighted by molar-refractivity contribution is 0.403. The van der Waals surface area contributed by atoms with Gasteiger partial charge in [-0.05, 0) is 115 Å². The lowest BCUT2D eigenvalue weighted by Gasteiger charge is -2.22. The maximum absolute atomic E-state index is 5.99. The summed E-state index contributed by atoms with van der Waals surface area (Å²) >= 11 is 0. The van der Waals surface area contributed by atoms with E-state index in [2.05, 4.69) is 90.1 Å². The lowest BCUT2D eigenvalue weighted by Crippen LogP contribution is -2.08. The molecule has 0 aromatic heterocycles. The Kier molecular flexibility index (Phi) is 10.4. The minimum atomic E-state index is 0.750. The molecular formula is C39H48O4. The van der Waals surface area contributed by atoms with E-state index in [9.17, 15) is 0 Å². The standard InChI is InChI=1S/C39H48O4/c1-11-28-13-15-36(40-7)32(19-28)22-34-26(5)30(17-24(3)38(34)42-9)21-31-18-25(4)39(43-10)35(27(31)6)23-33-20-29(12-2)14-16-37(33)41-8/h13-20H,11-12,21-23H2,1-10H3. The van der Waals surface area contributed by atoms with Gasteiger partial charge >= 0.3 is 0 Å². The van der Waals surface area contributed by atoms with Crippen molar-refractivity contribution in [3.8, 4) is 23.0 Å². The Hall–Kier alpha value is -3.92. The summed E-state index contributed by atoms with van der Waals surface area (Å²) in [6, 6.07) is 17.6. The highest BCUT2D eigenvalue weighted by Gasteiger charge is 2.21. The van der Waals surface area contributed by atoms with Gasteiger partial charge < -0.3 is 18.9 Å². The summed E-state index contributed by atoms with van der Waals surface area (Å²) in [7, 11) is 7.04. The second-order valence-electron chi connectivity index (χ2n) is 11.5. The van der Waals surface area contributed by atoms with Gasteiger partial charge in [0.1, 0.15) is 23.0 Å². The monoisotopic (exact) mass is 580 g/mol.